The van der Waals surface area contributed by atoms with Gasteiger partial charge in [0.05, 0.1) is 12.8 Å². The van der Waals surface area contributed by atoms with Gasteiger partial charge in [0.15, 0.2) is 17.9 Å². The van der Waals surface area contributed by atoms with Gasteiger partial charge in [0.1, 0.15) is 5.82 Å². The first kappa shape index (κ1) is 24.5. The summed E-state index contributed by atoms with van der Waals surface area (Å²) >= 11 is 0. The Labute approximate surface area is 213 Å². The molecule has 2 atom stereocenters. The second-order valence-electron chi connectivity index (χ2n) is 9.19. The molecule has 192 valence electrons. The van der Waals surface area contributed by atoms with Gasteiger partial charge in [0.2, 0.25) is 5.91 Å². The fraction of sp³-hybridized carbons (Fsp3) is 0.296. The lowest BCUT2D eigenvalue weighted by molar-refractivity contribution is -0.138. The van der Waals surface area contributed by atoms with E-state index in [1.807, 2.05) is 7.05 Å². The fourth-order valence-electron chi connectivity index (χ4n) is 4.60. The number of anilines is 1. The first-order chi connectivity index (χ1) is 17.9. The van der Waals surface area contributed by atoms with Crippen LogP contribution in [-0.4, -0.2) is 71.9 Å². The van der Waals surface area contributed by atoms with E-state index in [0.29, 0.717) is 29.9 Å². The third-order valence-corrected chi connectivity index (χ3v) is 6.64. The summed E-state index contributed by atoms with van der Waals surface area (Å²) in [5, 5.41) is 2.74. The maximum Gasteiger partial charge on any atom is 0.411 e. The molecule has 2 aliphatic rings. The third kappa shape index (κ3) is 5.34. The van der Waals surface area contributed by atoms with Crippen LogP contribution in [0, 0.1) is 5.82 Å². The molecule has 3 amide bonds. The van der Waals surface area contributed by atoms with E-state index in [-0.39, 0.29) is 18.2 Å². The van der Waals surface area contributed by atoms with Crippen molar-refractivity contribution in [1.82, 2.24) is 14.7 Å². The number of carbonyl (C=O) groups is 3. The number of amides is 3. The van der Waals surface area contributed by atoms with Gasteiger partial charge in [0, 0.05) is 31.9 Å². The molecule has 3 heterocycles. The lowest BCUT2D eigenvalue weighted by Gasteiger charge is -2.36. The Morgan fingerprint density at radius 1 is 1.03 bits per heavy atom. The molecule has 0 bridgehead atoms. The van der Waals surface area contributed by atoms with Gasteiger partial charge in [-0.1, -0.05) is 24.3 Å². The molecule has 0 aliphatic carbocycles. The minimum atomic E-state index is -0.914. The number of nitrogens with zero attached hydrogens (tertiary/aromatic N) is 3. The maximum absolute atomic E-state index is 13.8. The normalized spacial score (nSPS) is 20.1. The van der Waals surface area contributed by atoms with Crippen LogP contribution in [0.15, 0.2) is 71.3 Å². The van der Waals surface area contributed by atoms with Gasteiger partial charge in [-0.15, -0.1) is 0 Å². The number of rotatable bonds is 6. The molecule has 2 fully saturated rings. The van der Waals surface area contributed by atoms with Crippen LogP contribution in [0.3, 0.4) is 0 Å². The summed E-state index contributed by atoms with van der Waals surface area (Å²) in [7, 11) is 2.00. The lowest BCUT2D eigenvalue weighted by Crippen LogP contribution is -2.54. The van der Waals surface area contributed by atoms with Gasteiger partial charge in [-0.3, -0.25) is 14.5 Å². The van der Waals surface area contributed by atoms with Crippen molar-refractivity contribution >= 4 is 23.6 Å². The van der Waals surface area contributed by atoms with Crippen molar-refractivity contribution in [2.75, 3.05) is 38.5 Å². The number of nitrogens with one attached hydrogen (secondary N) is 1. The zero-order valence-electron chi connectivity index (χ0n) is 20.3. The molecule has 1 N–H and O–H groups in total. The molecule has 2 aliphatic heterocycles. The second kappa shape index (κ2) is 10.4. The average molecular weight is 507 g/mol. The first-order valence-electron chi connectivity index (χ1n) is 12.0. The Morgan fingerprint density at radius 2 is 1.78 bits per heavy atom. The minimum Gasteiger partial charge on any atom is -0.459 e. The predicted octanol–water partition coefficient (Wildman–Crippen LogP) is 3.51. The Morgan fingerprint density at radius 3 is 2.46 bits per heavy atom. The highest BCUT2D eigenvalue weighted by molar-refractivity contribution is 6.02. The number of cyclic esters (lactones) is 1. The van der Waals surface area contributed by atoms with Crippen LogP contribution in [0.25, 0.3) is 0 Å². The largest absolute Gasteiger partial charge is 0.459 e. The molecule has 9 nitrogen and oxygen atoms in total. The fourth-order valence-corrected chi connectivity index (χ4v) is 4.60. The van der Waals surface area contributed by atoms with Crippen molar-refractivity contribution in [2.24, 2.45) is 0 Å². The van der Waals surface area contributed by atoms with Crippen LogP contribution >= 0.6 is 0 Å². The van der Waals surface area contributed by atoms with Crippen LogP contribution in [0.5, 0.6) is 0 Å². The van der Waals surface area contributed by atoms with E-state index in [1.165, 1.54) is 23.3 Å². The van der Waals surface area contributed by atoms with Crippen molar-refractivity contribution in [3.8, 4) is 0 Å². The topological polar surface area (TPSA) is 95.3 Å². The van der Waals surface area contributed by atoms with E-state index in [9.17, 15) is 18.8 Å². The number of halogens is 1. The number of furan rings is 1. The molecule has 0 saturated carbocycles. The molecule has 2 aromatic carbocycles. The van der Waals surface area contributed by atoms with Crippen LogP contribution in [0.4, 0.5) is 14.9 Å². The Kier molecular flexibility index (Phi) is 6.91. The summed E-state index contributed by atoms with van der Waals surface area (Å²) in [5.74, 6) is -0.847. The van der Waals surface area contributed by atoms with Gasteiger partial charge in [0.25, 0.3) is 5.91 Å². The van der Waals surface area contributed by atoms with Crippen molar-refractivity contribution in [1.29, 1.82) is 0 Å². The molecule has 5 rings (SSSR count). The van der Waals surface area contributed by atoms with Gasteiger partial charge in [-0.2, -0.15) is 0 Å². The first-order valence-corrected chi connectivity index (χ1v) is 12.0. The molecule has 1 aromatic heterocycles. The van der Waals surface area contributed by atoms with E-state index in [4.69, 9.17) is 9.15 Å². The standard InChI is InChI=1S/C27H27FN4O5/c1-30-11-13-31(14-12-30)26(34)23-24(37-27(35)32(23)17-18-4-2-5-20(28)16-18)19-7-9-21(10-8-19)29-25(33)22-6-3-15-36-22/h2-10,15-16,23-24H,11-14,17H2,1H3,(H,29,33). The van der Waals surface area contributed by atoms with Crippen LogP contribution in [0.1, 0.15) is 27.8 Å². The van der Waals surface area contributed by atoms with Gasteiger partial charge < -0.3 is 24.3 Å². The van der Waals surface area contributed by atoms with E-state index >= 15 is 0 Å². The van der Waals surface area contributed by atoms with Crippen LogP contribution < -0.4 is 5.32 Å². The van der Waals surface area contributed by atoms with Crippen molar-refractivity contribution in [3.63, 3.8) is 0 Å². The minimum absolute atomic E-state index is 0.0362. The summed E-state index contributed by atoms with van der Waals surface area (Å²) in [6.07, 6.45) is -0.0838. The van der Waals surface area contributed by atoms with Crippen molar-refractivity contribution in [3.05, 3.63) is 89.6 Å². The number of piperazine rings is 1. The highest BCUT2D eigenvalue weighted by Crippen LogP contribution is 2.35. The van der Waals surface area contributed by atoms with Crippen LogP contribution in [-0.2, 0) is 16.1 Å². The number of ether oxygens (including phenoxy) is 1. The molecule has 3 aromatic rings. The summed E-state index contributed by atoms with van der Waals surface area (Å²) < 4.78 is 24.7. The van der Waals surface area contributed by atoms with Crippen molar-refractivity contribution < 1.29 is 27.9 Å². The Hall–Kier alpha value is -4.18. The zero-order valence-corrected chi connectivity index (χ0v) is 20.3. The highest BCUT2D eigenvalue weighted by Gasteiger charge is 2.48. The molecular formula is C27H27FN4O5. The number of benzene rings is 2. The molecule has 0 spiro atoms. The SMILES string of the molecule is CN1CCN(C(=O)C2C(c3ccc(NC(=O)c4ccco4)cc3)OC(=O)N2Cc2cccc(F)c2)CC1. The predicted molar refractivity (Wildman–Crippen MR) is 132 cm³/mol. The van der Waals surface area contributed by atoms with Crippen LogP contribution in [0.2, 0.25) is 0 Å². The summed E-state index contributed by atoms with van der Waals surface area (Å²) in [4.78, 5) is 44.3. The molecule has 2 unspecified atom stereocenters. The highest BCUT2D eigenvalue weighted by atomic mass is 19.1. The number of carbonyl (C=O) groups excluding carboxylic acids is 3. The van der Waals surface area contributed by atoms with Crippen molar-refractivity contribution in [2.45, 2.75) is 18.7 Å². The molecular weight excluding hydrogens is 479 g/mol. The zero-order chi connectivity index (χ0) is 25.9. The number of likely N-dealkylation sites (N-methyl/N-ethyl adjacent to an activating group) is 1. The summed E-state index contributed by atoms with van der Waals surface area (Å²) in [5.41, 5.74) is 1.69. The lowest BCUT2D eigenvalue weighted by atomic mass is 9.99. The maximum atomic E-state index is 13.8. The Bertz CT molecular complexity index is 1270. The average Bonchev–Trinajstić information content (AvgIpc) is 3.54. The van der Waals surface area contributed by atoms with Gasteiger partial charge >= 0.3 is 6.09 Å². The quantitative estimate of drug-likeness (QED) is 0.550. The summed E-state index contributed by atoms with van der Waals surface area (Å²) in [6, 6.07) is 15.0. The second-order valence-corrected chi connectivity index (χ2v) is 9.19. The molecule has 2 saturated heterocycles. The molecule has 37 heavy (non-hydrogen) atoms. The number of hydrogen-bond donors (Lipinski definition) is 1. The number of hydrogen-bond acceptors (Lipinski definition) is 6. The van der Waals surface area contributed by atoms with E-state index < -0.39 is 30.0 Å². The van der Waals surface area contributed by atoms with E-state index in [2.05, 4.69) is 10.2 Å². The molecule has 0 radical (unpaired) electrons. The smallest absolute Gasteiger partial charge is 0.411 e. The van der Waals surface area contributed by atoms with Gasteiger partial charge in [-0.05, 0) is 54.6 Å². The monoisotopic (exact) mass is 506 g/mol. The Balaban J connectivity index is 1.39. The van der Waals surface area contributed by atoms with E-state index in [0.717, 1.165) is 13.1 Å². The summed E-state index contributed by atoms with van der Waals surface area (Å²) in [6.45, 7) is 2.57. The van der Waals surface area contributed by atoms with Gasteiger partial charge in [-0.25, -0.2) is 9.18 Å². The third-order valence-electron chi connectivity index (χ3n) is 6.64. The molecule has 10 heteroatoms. The van der Waals surface area contributed by atoms with E-state index in [1.54, 1.807) is 53.4 Å².